The minimum Gasteiger partial charge on any atom is -0.468 e. The summed E-state index contributed by atoms with van der Waals surface area (Å²) in [5.74, 6) is 0.552. The van der Waals surface area contributed by atoms with Crippen molar-refractivity contribution >= 4 is 23.9 Å². The van der Waals surface area contributed by atoms with E-state index in [1.165, 1.54) is 12.0 Å². The van der Waals surface area contributed by atoms with E-state index >= 15 is 0 Å². The highest BCUT2D eigenvalue weighted by molar-refractivity contribution is 5.93. The Morgan fingerprint density at radius 1 is 1.14 bits per heavy atom. The first-order valence-corrected chi connectivity index (χ1v) is 11.6. The summed E-state index contributed by atoms with van der Waals surface area (Å²) < 4.78 is 9.89. The highest BCUT2D eigenvalue weighted by Gasteiger charge is 2.36. The molecule has 0 aliphatic rings. The molecule has 0 aliphatic carbocycles. The van der Waals surface area contributed by atoms with Gasteiger partial charge in [0.15, 0.2) is 0 Å². The van der Waals surface area contributed by atoms with Crippen LogP contribution in [-0.2, 0) is 23.9 Å². The van der Waals surface area contributed by atoms with Crippen LogP contribution >= 0.6 is 0 Å². The SMILES string of the molecule is C#Cc1ccc(C(C(=O)NCC(=O)OC)N(CCO)C(=O)C(CC(C)C)NC(=O)OC(C)(C)C)cc1. The number of benzene rings is 1. The summed E-state index contributed by atoms with van der Waals surface area (Å²) in [6, 6.07) is 4.15. The molecule has 0 bridgehead atoms. The molecule has 0 saturated heterocycles. The summed E-state index contributed by atoms with van der Waals surface area (Å²) in [5.41, 5.74) is 0.186. The Bertz CT molecular complexity index is 946. The van der Waals surface area contributed by atoms with E-state index in [2.05, 4.69) is 21.3 Å². The number of hydrogen-bond acceptors (Lipinski definition) is 7. The number of alkyl carbamates (subject to hydrolysis) is 1. The van der Waals surface area contributed by atoms with Gasteiger partial charge >= 0.3 is 12.1 Å². The van der Waals surface area contributed by atoms with E-state index < -0.39 is 54.7 Å². The zero-order valence-electron chi connectivity index (χ0n) is 21.8. The molecular weight excluding hydrogens is 466 g/mol. The van der Waals surface area contributed by atoms with Crippen LogP contribution in [-0.4, -0.2) is 72.3 Å². The van der Waals surface area contributed by atoms with Crippen molar-refractivity contribution in [2.24, 2.45) is 5.92 Å². The molecule has 0 saturated carbocycles. The molecule has 2 unspecified atom stereocenters. The number of amides is 3. The molecule has 0 radical (unpaired) electrons. The van der Waals surface area contributed by atoms with Gasteiger partial charge in [-0.2, -0.15) is 0 Å². The van der Waals surface area contributed by atoms with Crippen molar-refractivity contribution in [2.75, 3.05) is 26.8 Å². The molecule has 10 nitrogen and oxygen atoms in total. The summed E-state index contributed by atoms with van der Waals surface area (Å²) in [4.78, 5) is 52.3. The average Bonchev–Trinajstić information content (AvgIpc) is 2.80. The normalized spacial score (nSPS) is 12.6. The molecule has 0 fully saturated rings. The standard InChI is InChI=1S/C26H37N3O7/c1-8-18-9-11-19(12-10-18)22(23(32)27-16-21(31)35-7)29(13-14-30)24(33)20(15-17(2)3)28-25(34)36-26(4,5)6/h1,9-12,17,20,22,30H,13-16H2,2-7H3,(H,27,32)(H,28,34). The summed E-state index contributed by atoms with van der Waals surface area (Å²) in [5, 5.41) is 14.8. The third kappa shape index (κ3) is 9.96. The van der Waals surface area contributed by atoms with Gasteiger partial charge in [0.25, 0.3) is 0 Å². The molecule has 0 spiro atoms. The lowest BCUT2D eigenvalue weighted by molar-refractivity contribution is -0.145. The van der Waals surface area contributed by atoms with Crippen LogP contribution in [0.15, 0.2) is 24.3 Å². The van der Waals surface area contributed by atoms with Crippen LogP contribution in [0.3, 0.4) is 0 Å². The van der Waals surface area contributed by atoms with Crippen LogP contribution in [0.5, 0.6) is 0 Å². The number of esters is 1. The van der Waals surface area contributed by atoms with Crippen LogP contribution in [0.1, 0.15) is 58.2 Å². The number of aliphatic hydroxyl groups is 1. The van der Waals surface area contributed by atoms with Crippen molar-refractivity contribution in [1.29, 1.82) is 0 Å². The lowest BCUT2D eigenvalue weighted by atomic mass is 9.98. The first kappa shape index (κ1) is 30.5. The fraction of sp³-hybridized carbons (Fsp3) is 0.538. The molecule has 1 rings (SSSR count). The second-order valence-electron chi connectivity index (χ2n) is 9.55. The number of rotatable bonds is 11. The van der Waals surface area contributed by atoms with Gasteiger partial charge in [-0.25, -0.2) is 4.79 Å². The van der Waals surface area contributed by atoms with Crippen molar-refractivity contribution in [3.05, 3.63) is 35.4 Å². The molecule has 198 valence electrons. The minimum absolute atomic E-state index is 0.00590. The fourth-order valence-electron chi connectivity index (χ4n) is 3.38. The zero-order valence-corrected chi connectivity index (χ0v) is 21.8. The van der Waals surface area contributed by atoms with Crippen LogP contribution < -0.4 is 10.6 Å². The number of carbonyl (C=O) groups is 4. The second kappa shape index (κ2) is 14.1. The van der Waals surface area contributed by atoms with Gasteiger partial charge in [0.2, 0.25) is 11.8 Å². The van der Waals surface area contributed by atoms with E-state index in [0.29, 0.717) is 11.1 Å². The average molecular weight is 504 g/mol. The van der Waals surface area contributed by atoms with E-state index in [0.717, 1.165) is 0 Å². The number of nitrogens with zero attached hydrogens (tertiary/aromatic N) is 1. The van der Waals surface area contributed by atoms with E-state index in [1.54, 1.807) is 45.0 Å². The Morgan fingerprint density at radius 3 is 2.22 bits per heavy atom. The molecule has 1 aromatic rings. The van der Waals surface area contributed by atoms with Gasteiger partial charge in [-0.15, -0.1) is 6.42 Å². The molecule has 0 aliphatic heterocycles. The summed E-state index contributed by atoms with van der Waals surface area (Å²) in [6.07, 6.45) is 4.91. The van der Waals surface area contributed by atoms with Gasteiger partial charge in [0, 0.05) is 12.1 Å². The molecule has 3 amide bonds. The maximum absolute atomic E-state index is 13.7. The van der Waals surface area contributed by atoms with Crippen molar-refractivity contribution in [2.45, 2.75) is 58.7 Å². The van der Waals surface area contributed by atoms with E-state index in [4.69, 9.17) is 11.2 Å². The molecular formula is C26H37N3O7. The first-order valence-electron chi connectivity index (χ1n) is 11.6. The van der Waals surface area contributed by atoms with Crippen LogP contribution in [0.2, 0.25) is 0 Å². The Hall–Kier alpha value is -3.58. The quantitative estimate of drug-likeness (QED) is 0.309. The molecule has 10 heteroatoms. The summed E-state index contributed by atoms with van der Waals surface area (Å²) in [6.45, 7) is 7.79. The molecule has 0 heterocycles. The number of carbonyl (C=O) groups excluding carboxylic acids is 4. The van der Waals surface area contributed by atoms with Gasteiger partial charge in [-0.1, -0.05) is 31.9 Å². The number of ether oxygens (including phenoxy) is 2. The van der Waals surface area contributed by atoms with E-state index in [1.807, 2.05) is 13.8 Å². The van der Waals surface area contributed by atoms with Crippen LogP contribution in [0, 0.1) is 18.3 Å². The number of hydrogen-bond donors (Lipinski definition) is 3. The predicted octanol–water partition coefficient (Wildman–Crippen LogP) is 1.76. The number of aliphatic hydroxyl groups excluding tert-OH is 1. The Kier molecular flexibility index (Phi) is 11.9. The van der Waals surface area contributed by atoms with Gasteiger partial charge in [0.05, 0.1) is 13.7 Å². The van der Waals surface area contributed by atoms with Gasteiger partial charge in [-0.3, -0.25) is 14.4 Å². The molecule has 2 atom stereocenters. The van der Waals surface area contributed by atoms with Crippen molar-refractivity contribution < 1.29 is 33.8 Å². The van der Waals surface area contributed by atoms with Gasteiger partial charge in [0.1, 0.15) is 24.2 Å². The topological polar surface area (TPSA) is 134 Å². The van der Waals surface area contributed by atoms with Gasteiger partial charge < -0.3 is 30.1 Å². The lowest BCUT2D eigenvalue weighted by Crippen LogP contribution is -2.54. The largest absolute Gasteiger partial charge is 0.468 e. The molecule has 3 N–H and O–H groups in total. The Labute approximate surface area is 212 Å². The minimum atomic E-state index is -1.23. The van der Waals surface area contributed by atoms with Crippen molar-refractivity contribution in [3.8, 4) is 12.3 Å². The number of methoxy groups -OCH3 is 1. The fourth-order valence-corrected chi connectivity index (χ4v) is 3.38. The monoisotopic (exact) mass is 503 g/mol. The number of terminal acetylenes is 1. The maximum atomic E-state index is 13.7. The first-order chi connectivity index (χ1) is 16.8. The summed E-state index contributed by atoms with van der Waals surface area (Å²) >= 11 is 0. The van der Waals surface area contributed by atoms with Gasteiger partial charge in [-0.05, 0) is 50.8 Å². The van der Waals surface area contributed by atoms with Crippen molar-refractivity contribution in [1.82, 2.24) is 15.5 Å². The lowest BCUT2D eigenvalue weighted by Gasteiger charge is -2.34. The smallest absolute Gasteiger partial charge is 0.408 e. The van der Waals surface area contributed by atoms with Crippen molar-refractivity contribution in [3.63, 3.8) is 0 Å². The Balaban J connectivity index is 3.43. The molecule has 1 aromatic carbocycles. The van der Waals surface area contributed by atoms with E-state index in [-0.39, 0.29) is 18.9 Å². The third-order valence-electron chi connectivity index (χ3n) is 4.91. The van der Waals surface area contributed by atoms with Crippen LogP contribution in [0.25, 0.3) is 0 Å². The second-order valence-corrected chi connectivity index (χ2v) is 9.55. The highest BCUT2D eigenvalue weighted by atomic mass is 16.6. The molecule has 0 aromatic heterocycles. The Morgan fingerprint density at radius 2 is 1.75 bits per heavy atom. The molecule has 36 heavy (non-hydrogen) atoms. The number of nitrogens with one attached hydrogen (secondary N) is 2. The van der Waals surface area contributed by atoms with E-state index in [9.17, 15) is 24.3 Å². The maximum Gasteiger partial charge on any atom is 0.408 e. The predicted molar refractivity (Wildman–Crippen MR) is 134 cm³/mol. The highest BCUT2D eigenvalue weighted by Crippen LogP contribution is 2.24. The third-order valence-corrected chi connectivity index (χ3v) is 4.91. The zero-order chi connectivity index (χ0) is 27.5. The summed E-state index contributed by atoms with van der Waals surface area (Å²) in [7, 11) is 1.19. The van der Waals surface area contributed by atoms with Crippen LogP contribution in [0.4, 0.5) is 4.79 Å².